The summed E-state index contributed by atoms with van der Waals surface area (Å²) in [4.78, 5) is 16.7. The first kappa shape index (κ1) is 16.8. The Bertz CT molecular complexity index is 510. The van der Waals surface area contributed by atoms with Gasteiger partial charge in [0.05, 0.1) is 0 Å². The molecule has 2 aliphatic rings. The Morgan fingerprint density at radius 2 is 2.26 bits per heavy atom. The number of rotatable bonds is 5. The molecule has 23 heavy (non-hydrogen) atoms. The summed E-state index contributed by atoms with van der Waals surface area (Å²) in [5.41, 5.74) is 0. The summed E-state index contributed by atoms with van der Waals surface area (Å²) in [6.07, 6.45) is 6.58. The molecule has 2 heterocycles. The van der Waals surface area contributed by atoms with Crippen LogP contribution < -0.4 is 10.6 Å². The largest absolute Gasteiger partial charge is 0.345 e. The molecule has 7 heteroatoms. The van der Waals surface area contributed by atoms with Gasteiger partial charge in [-0.3, -0.25) is 4.79 Å². The Morgan fingerprint density at radius 1 is 1.43 bits per heavy atom. The Kier molecular flexibility index (Phi) is 5.94. The van der Waals surface area contributed by atoms with E-state index < -0.39 is 0 Å². The second-order valence-corrected chi connectivity index (χ2v) is 7.69. The molecule has 2 N–H and O–H groups in total. The number of carbonyl (C=O) groups excluding carboxylic acids is 1. The maximum Gasteiger partial charge on any atom is 0.248 e. The van der Waals surface area contributed by atoms with E-state index in [9.17, 15) is 4.79 Å². The molecule has 1 aliphatic carbocycles. The zero-order valence-corrected chi connectivity index (χ0v) is 14.5. The Morgan fingerprint density at radius 3 is 3.00 bits per heavy atom. The van der Waals surface area contributed by atoms with E-state index in [0.717, 1.165) is 36.7 Å². The number of nitrogens with one attached hydrogen (secondary N) is 2. The van der Waals surface area contributed by atoms with Crippen LogP contribution in [0.2, 0.25) is 0 Å². The van der Waals surface area contributed by atoms with Crippen molar-refractivity contribution in [2.24, 2.45) is 0 Å². The second-order valence-electron chi connectivity index (χ2n) is 6.55. The van der Waals surface area contributed by atoms with E-state index in [4.69, 9.17) is 4.52 Å². The Balaban J connectivity index is 1.50. The number of carbonyl (C=O) groups is 1. The minimum atomic E-state index is -0.233. The predicted molar refractivity (Wildman–Crippen MR) is 90.4 cm³/mol. The van der Waals surface area contributed by atoms with E-state index in [1.165, 1.54) is 19.3 Å². The van der Waals surface area contributed by atoms with Crippen molar-refractivity contribution in [2.75, 3.05) is 18.1 Å². The van der Waals surface area contributed by atoms with E-state index in [2.05, 4.69) is 20.8 Å². The molecule has 128 valence electrons. The fourth-order valence-electron chi connectivity index (χ4n) is 3.29. The molecule has 2 fully saturated rings. The molecule has 6 nitrogen and oxygen atoms in total. The highest BCUT2D eigenvalue weighted by Crippen LogP contribution is 2.31. The van der Waals surface area contributed by atoms with Crippen LogP contribution >= 0.6 is 11.8 Å². The smallest absolute Gasteiger partial charge is 0.248 e. The minimum Gasteiger partial charge on any atom is -0.345 e. The molecule has 1 aromatic heterocycles. The van der Waals surface area contributed by atoms with E-state index in [-0.39, 0.29) is 18.0 Å². The van der Waals surface area contributed by atoms with Crippen molar-refractivity contribution in [2.45, 2.75) is 63.5 Å². The molecule has 1 aromatic rings. The summed E-state index contributed by atoms with van der Waals surface area (Å²) in [5.74, 6) is 3.91. The standard InChI is InChI=1S/C16H26N4O2S/c1-11(18-14(21)9-13-10-23-8-7-17-13)16-19-15(20-22-16)12-5-3-2-4-6-12/h11-13,17H,2-10H2,1H3,(H,18,21). The van der Waals surface area contributed by atoms with Crippen molar-refractivity contribution in [3.05, 3.63) is 11.7 Å². The topological polar surface area (TPSA) is 80.0 Å². The molecule has 2 unspecified atom stereocenters. The normalized spacial score (nSPS) is 24.3. The summed E-state index contributed by atoms with van der Waals surface area (Å²) >= 11 is 1.90. The summed E-state index contributed by atoms with van der Waals surface area (Å²) < 4.78 is 5.37. The van der Waals surface area contributed by atoms with Crippen LogP contribution in [0.1, 0.15) is 69.1 Å². The first-order valence-corrected chi connectivity index (χ1v) is 9.82. The van der Waals surface area contributed by atoms with E-state index in [1.807, 2.05) is 18.7 Å². The summed E-state index contributed by atoms with van der Waals surface area (Å²) in [6.45, 7) is 2.88. The lowest BCUT2D eigenvalue weighted by Gasteiger charge is -2.23. The van der Waals surface area contributed by atoms with E-state index in [0.29, 0.717) is 18.2 Å². The number of hydrogen-bond donors (Lipinski definition) is 2. The van der Waals surface area contributed by atoms with Crippen LogP contribution in [0.25, 0.3) is 0 Å². The van der Waals surface area contributed by atoms with Crippen molar-refractivity contribution in [3.63, 3.8) is 0 Å². The van der Waals surface area contributed by atoms with Gasteiger partial charge in [-0.2, -0.15) is 16.7 Å². The van der Waals surface area contributed by atoms with Gasteiger partial charge in [-0.1, -0.05) is 24.4 Å². The fourth-order valence-corrected chi connectivity index (χ4v) is 4.24. The summed E-state index contributed by atoms with van der Waals surface area (Å²) in [5, 5.41) is 10.5. The third-order valence-corrected chi connectivity index (χ3v) is 5.74. The monoisotopic (exact) mass is 338 g/mol. The molecule has 1 saturated carbocycles. The van der Waals surface area contributed by atoms with Gasteiger partial charge < -0.3 is 15.2 Å². The fraction of sp³-hybridized carbons (Fsp3) is 0.812. The average molecular weight is 338 g/mol. The van der Waals surface area contributed by atoms with Gasteiger partial charge in [0, 0.05) is 36.4 Å². The van der Waals surface area contributed by atoms with Gasteiger partial charge in [0.15, 0.2) is 5.82 Å². The zero-order chi connectivity index (χ0) is 16.1. The van der Waals surface area contributed by atoms with Gasteiger partial charge in [-0.05, 0) is 19.8 Å². The highest BCUT2D eigenvalue weighted by molar-refractivity contribution is 7.99. The summed E-state index contributed by atoms with van der Waals surface area (Å²) in [6, 6.07) is 0.0324. The summed E-state index contributed by atoms with van der Waals surface area (Å²) in [7, 11) is 0. The lowest BCUT2D eigenvalue weighted by Crippen LogP contribution is -2.41. The number of hydrogen-bond acceptors (Lipinski definition) is 6. The van der Waals surface area contributed by atoms with Crippen LogP contribution in [-0.2, 0) is 4.79 Å². The lowest BCUT2D eigenvalue weighted by molar-refractivity contribution is -0.122. The highest BCUT2D eigenvalue weighted by Gasteiger charge is 2.24. The molecule has 1 aliphatic heterocycles. The van der Waals surface area contributed by atoms with Crippen LogP contribution in [-0.4, -0.2) is 40.1 Å². The maximum atomic E-state index is 12.2. The van der Waals surface area contributed by atoms with Crippen molar-refractivity contribution >= 4 is 17.7 Å². The van der Waals surface area contributed by atoms with Gasteiger partial charge in [0.25, 0.3) is 0 Å². The first-order valence-electron chi connectivity index (χ1n) is 8.66. The molecule has 0 radical (unpaired) electrons. The van der Waals surface area contributed by atoms with Crippen molar-refractivity contribution in [3.8, 4) is 0 Å². The van der Waals surface area contributed by atoms with Crippen LogP contribution in [0.3, 0.4) is 0 Å². The molecule has 0 aromatic carbocycles. The number of thioether (sulfide) groups is 1. The highest BCUT2D eigenvalue weighted by atomic mass is 32.2. The zero-order valence-electron chi connectivity index (χ0n) is 13.7. The van der Waals surface area contributed by atoms with Crippen molar-refractivity contribution in [1.82, 2.24) is 20.8 Å². The quantitative estimate of drug-likeness (QED) is 0.858. The van der Waals surface area contributed by atoms with E-state index >= 15 is 0 Å². The van der Waals surface area contributed by atoms with Crippen molar-refractivity contribution in [1.29, 1.82) is 0 Å². The third kappa shape index (κ3) is 4.70. The van der Waals surface area contributed by atoms with Crippen LogP contribution in [0.15, 0.2) is 4.52 Å². The van der Waals surface area contributed by atoms with Gasteiger partial charge in [-0.25, -0.2) is 0 Å². The second kappa shape index (κ2) is 8.15. The molecule has 1 amide bonds. The maximum absolute atomic E-state index is 12.2. The van der Waals surface area contributed by atoms with Gasteiger partial charge in [0.2, 0.25) is 11.8 Å². The van der Waals surface area contributed by atoms with Crippen molar-refractivity contribution < 1.29 is 9.32 Å². The van der Waals surface area contributed by atoms with E-state index in [1.54, 1.807) is 0 Å². The van der Waals surface area contributed by atoms with Gasteiger partial charge in [-0.15, -0.1) is 0 Å². The molecule has 0 bridgehead atoms. The average Bonchev–Trinajstić information content (AvgIpc) is 3.06. The minimum absolute atomic E-state index is 0.0370. The van der Waals surface area contributed by atoms with Gasteiger partial charge >= 0.3 is 0 Å². The molecule has 0 spiro atoms. The Hall–Kier alpha value is -1.08. The lowest BCUT2D eigenvalue weighted by atomic mass is 9.89. The number of aromatic nitrogens is 2. The number of nitrogens with zero attached hydrogens (tertiary/aromatic N) is 2. The SMILES string of the molecule is CC(NC(=O)CC1CSCCN1)c1nc(C2CCCCC2)no1. The van der Waals surface area contributed by atoms with Gasteiger partial charge in [0.1, 0.15) is 6.04 Å². The predicted octanol–water partition coefficient (Wildman–Crippen LogP) is 2.39. The molecule has 3 rings (SSSR count). The third-order valence-electron chi connectivity index (χ3n) is 4.61. The van der Waals surface area contributed by atoms with Crippen LogP contribution in [0.5, 0.6) is 0 Å². The first-order chi connectivity index (χ1) is 11.2. The number of amides is 1. The Labute approximate surface area is 141 Å². The van der Waals surface area contributed by atoms with Crippen LogP contribution in [0.4, 0.5) is 0 Å². The molecule has 1 saturated heterocycles. The molecular formula is C16H26N4O2S. The molecular weight excluding hydrogens is 312 g/mol. The van der Waals surface area contributed by atoms with Crippen LogP contribution in [0, 0.1) is 0 Å². The molecule has 2 atom stereocenters.